The van der Waals surface area contributed by atoms with Gasteiger partial charge in [0.1, 0.15) is 12.1 Å². The quantitative estimate of drug-likeness (QED) is 0.251. The van der Waals surface area contributed by atoms with Gasteiger partial charge < -0.3 is 22.1 Å². The van der Waals surface area contributed by atoms with Gasteiger partial charge in [-0.2, -0.15) is 0 Å². The van der Waals surface area contributed by atoms with Crippen LogP contribution in [-0.2, 0) is 27.2 Å². The monoisotopic (exact) mass is 502 g/mol. The second kappa shape index (κ2) is 13.9. The standard InChI is InChI=1S/C24H31ClN6O4/c1-2-18(26)22(33)30-31-24(35)29-19(13-10-15-6-4-3-5-7-15)23(34)28-20(21(27)32)14-16-8-11-17(25)12-9-16/h3-9,11-12,18-20H,2,10,13-14,26H2,1H3,(H2,27,32)(H,28,34)(H,30,33)(H2,29,31,35)/t18-,19+,20+/m1/s1. The van der Waals surface area contributed by atoms with Gasteiger partial charge in [-0.3, -0.25) is 19.8 Å². The maximum Gasteiger partial charge on any atom is 0.334 e. The van der Waals surface area contributed by atoms with Crippen LogP contribution in [0.5, 0.6) is 0 Å². The number of urea groups is 1. The van der Waals surface area contributed by atoms with Crippen LogP contribution >= 0.6 is 11.6 Å². The molecule has 0 saturated carbocycles. The van der Waals surface area contributed by atoms with Crippen molar-refractivity contribution in [1.82, 2.24) is 21.5 Å². The third kappa shape index (κ3) is 9.63. The Morgan fingerprint density at radius 3 is 2.11 bits per heavy atom. The van der Waals surface area contributed by atoms with E-state index in [1.54, 1.807) is 31.2 Å². The topological polar surface area (TPSA) is 168 Å². The SMILES string of the molecule is CC[C@@H](N)C(=O)NNC(=O)N[C@@H](CCc1ccccc1)C(=O)N[C@@H](Cc1ccc(Cl)cc1)C(N)=O. The number of nitrogens with two attached hydrogens (primary N) is 2. The van der Waals surface area contributed by atoms with E-state index in [4.69, 9.17) is 23.1 Å². The summed E-state index contributed by atoms with van der Waals surface area (Å²) in [5.41, 5.74) is 17.2. The number of amides is 5. The summed E-state index contributed by atoms with van der Waals surface area (Å²) >= 11 is 5.90. The second-order valence-corrected chi connectivity index (χ2v) is 8.41. The van der Waals surface area contributed by atoms with E-state index in [9.17, 15) is 19.2 Å². The summed E-state index contributed by atoms with van der Waals surface area (Å²) in [5, 5.41) is 5.68. The minimum atomic E-state index is -1.01. The van der Waals surface area contributed by atoms with Crippen molar-refractivity contribution >= 4 is 35.4 Å². The molecule has 2 aromatic rings. The number of rotatable bonds is 11. The minimum absolute atomic E-state index is 0.154. The van der Waals surface area contributed by atoms with Crippen LogP contribution in [0.1, 0.15) is 30.9 Å². The van der Waals surface area contributed by atoms with E-state index < -0.39 is 41.9 Å². The minimum Gasteiger partial charge on any atom is -0.368 e. The maximum atomic E-state index is 13.1. The highest BCUT2D eigenvalue weighted by atomic mass is 35.5. The van der Waals surface area contributed by atoms with Crippen molar-refractivity contribution in [2.45, 2.75) is 50.7 Å². The molecule has 188 valence electrons. The molecule has 0 aliphatic rings. The molecule has 2 aromatic carbocycles. The molecule has 11 heteroatoms. The number of aryl methyl sites for hydroxylation is 1. The molecule has 0 radical (unpaired) electrons. The predicted molar refractivity (Wildman–Crippen MR) is 133 cm³/mol. The van der Waals surface area contributed by atoms with Crippen LogP contribution in [0.15, 0.2) is 54.6 Å². The van der Waals surface area contributed by atoms with Crippen molar-refractivity contribution < 1.29 is 19.2 Å². The smallest absolute Gasteiger partial charge is 0.334 e. The molecule has 10 nitrogen and oxygen atoms in total. The number of hydrogen-bond donors (Lipinski definition) is 6. The van der Waals surface area contributed by atoms with Crippen molar-refractivity contribution in [2.24, 2.45) is 11.5 Å². The number of hydrogen-bond acceptors (Lipinski definition) is 5. The molecule has 0 bridgehead atoms. The zero-order valence-corrected chi connectivity index (χ0v) is 20.2. The van der Waals surface area contributed by atoms with Crippen LogP contribution in [0.3, 0.4) is 0 Å². The molecule has 3 atom stereocenters. The number of hydrazine groups is 1. The normalized spacial score (nSPS) is 13.1. The lowest BCUT2D eigenvalue weighted by Gasteiger charge is -2.22. The van der Waals surface area contributed by atoms with E-state index >= 15 is 0 Å². The van der Waals surface area contributed by atoms with Gasteiger partial charge in [0.25, 0.3) is 5.91 Å². The number of primary amides is 1. The van der Waals surface area contributed by atoms with Gasteiger partial charge in [0.2, 0.25) is 11.8 Å². The average molecular weight is 503 g/mol. The fourth-order valence-electron chi connectivity index (χ4n) is 3.17. The van der Waals surface area contributed by atoms with Gasteiger partial charge >= 0.3 is 6.03 Å². The van der Waals surface area contributed by atoms with E-state index in [1.807, 2.05) is 30.3 Å². The zero-order valence-electron chi connectivity index (χ0n) is 19.4. The summed E-state index contributed by atoms with van der Waals surface area (Å²) in [6, 6.07) is 12.6. The summed E-state index contributed by atoms with van der Waals surface area (Å²) in [6.07, 6.45) is 1.25. The van der Waals surface area contributed by atoms with Crippen LogP contribution < -0.4 is 33.0 Å². The van der Waals surface area contributed by atoms with E-state index in [1.165, 1.54) is 0 Å². The van der Waals surface area contributed by atoms with Gasteiger partial charge in [-0.05, 0) is 42.5 Å². The van der Waals surface area contributed by atoms with Gasteiger partial charge in [0.15, 0.2) is 0 Å². The fraction of sp³-hybridized carbons (Fsp3) is 0.333. The first-order valence-electron chi connectivity index (χ1n) is 11.2. The van der Waals surface area contributed by atoms with Crippen molar-refractivity contribution in [3.05, 3.63) is 70.7 Å². The van der Waals surface area contributed by atoms with E-state index in [0.29, 0.717) is 17.9 Å². The molecule has 0 aliphatic carbocycles. The van der Waals surface area contributed by atoms with Crippen molar-refractivity contribution in [2.75, 3.05) is 0 Å². The molecule has 2 rings (SSSR count). The third-order valence-electron chi connectivity index (χ3n) is 5.28. The zero-order chi connectivity index (χ0) is 25.8. The lowest BCUT2D eigenvalue weighted by Crippen LogP contribution is -2.58. The first-order valence-corrected chi connectivity index (χ1v) is 11.6. The number of nitrogens with one attached hydrogen (secondary N) is 4. The Bertz CT molecular complexity index is 1000. The molecule has 0 heterocycles. The summed E-state index contributed by atoms with van der Waals surface area (Å²) in [7, 11) is 0. The Labute approximate surface area is 209 Å². The molecule has 35 heavy (non-hydrogen) atoms. The number of benzene rings is 2. The highest BCUT2D eigenvalue weighted by Crippen LogP contribution is 2.12. The van der Waals surface area contributed by atoms with Gasteiger partial charge in [-0.1, -0.05) is 61.0 Å². The Hall–Kier alpha value is -3.63. The van der Waals surface area contributed by atoms with E-state index in [-0.39, 0.29) is 12.8 Å². The van der Waals surface area contributed by atoms with Gasteiger partial charge in [-0.15, -0.1) is 0 Å². The van der Waals surface area contributed by atoms with Crippen LogP contribution in [0, 0.1) is 0 Å². The Morgan fingerprint density at radius 1 is 0.857 bits per heavy atom. The third-order valence-corrected chi connectivity index (χ3v) is 5.53. The number of carbonyl (C=O) groups excluding carboxylic acids is 4. The fourth-order valence-corrected chi connectivity index (χ4v) is 3.29. The molecule has 0 aliphatic heterocycles. The average Bonchev–Trinajstić information content (AvgIpc) is 2.85. The van der Waals surface area contributed by atoms with Crippen LogP contribution in [0.2, 0.25) is 5.02 Å². The van der Waals surface area contributed by atoms with E-state index in [0.717, 1.165) is 11.1 Å². The second-order valence-electron chi connectivity index (χ2n) is 7.97. The predicted octanol–water partition coefficient (Wildman–Crippen LogP) is 0.922. The Morgan fingerprint density at radius 2 is 1.51 bits per heavy atom. The van der Waals surface area contributed by atoms with Crippen LogP contribution in [-0.4, -0.2) is 41.9 Å². The van der Waals surface area contributed by atoms with Crippen LogP contribution in [0.4, 0.5) is 4.79 Å². The molecule has 0 spiro atoms. The van der Waals surface area contributed by atoms with Gasteiger partial charge in [0, 0.05) is 11.4 Å². The Kier molecular flexibility index (Phi) is 11.0. The van der Waals surface area contributed by atoms with Crippen molar-refractivity contribution in [3.63, 3.8) is 0 Å². The number of halogens is 1. The van der Waals surface area contributed by atoms with Crippen LogP contribution in [0.25, 0.3) is 0 Å². The highest BCUT2D eigenvalue weighted by Gasteiger charge is 2.26. The first-order chi connectivity index (χ1) is 16.7. The molecule has 0 saturated heterocycles. The maximum absolute atomic E-state index is 13.1. The van der Waals surface area contributed by atoms with Crippen molar-refractivity contribution in [1.29, 1.82) is 0 Å². The summed E-state index contributed by atoms with van der Waals surface area (Å²) in [5.74, 6) is -1.88. The molecule has 0 fully saturated rings. The van der Waals surface area contributed by atoms with Crippen molar-refractivity contribution in [3.8, 4) is 0 Å². The summed E-state index contributed by atoms with van der Waals surface area (Å²) in [4.78, 5) is 49.3. The Balaban J connectivity index is 2.07. The highest BCUT2D eigenvalue weighted by molar-refractivity contribution is 6.30. The molecule has 8 N–H and O–H groups in total. The number of carbonyl (C=O) groups is 4. The lowest BCUT2D eigenvalue weighted by molar-refractivity contribution is -0.128. The summed E-state index contributed by atoms with van der Waals surface area (Å²) < 4.78 is 0. The molecular weight excluding hydrogens is 472 g/mol. The molecular formula is C24H31ClN6O4. The van der Waals surface area contributed by atoms with Gasteiger partial charge in [-0.25, -0.2) is 10.2 Å². The summed E-state index contributed by atoms with van der Waals surface area (Å²) in [6.45, 7) is 1.73. The molecule has 0 unspecified atom stereocenters. The first kappa shape index (κ1) is 27.6. The molecule has 5 amide bonds. The van der Waals surface area contributed by atoms with E-state index in [2.05, 4.69) is 21.5 Å². The largest absolute Gasteiger partial charge is 0.368 e. The lowest BCUT2D eigenvalue weighted by atomic mass is 10.0. The van der Waals surface area contributed by atoms with Gasteiger partial charge in [0.05, 0.1) is 6.04 Å². The molecule has 0 aromatic heterocycles.